The SMILES string of the molecule is C[C@@H]1C[C@H](C)CN(C(=O)c2ccc(Cl)cc2[N+](=O)[O-])C1. The van der Waals surface area contributed by atoms with Crippen LogP contribution in [0.3, 0.4) is 0 Å². The van der Waals surface area contributed by atoms with Crippen molar-refractivity contribution >= 4 is 23.2 Å². The van der Waals surface area contributed by atoms with Gasteiger partial charge in [-0.25, -0.2) is 0 Å². The zero-order valence-electron chi connectivity index (χ0n) is 11.5. The summed E-state index contributed by atoms with van der Waals surface area (Å²) in [4.78, 5) is 24.7. The van der Waals surface area contributed by atoms with Crippen molar-refractivity contribution in [3.05, 3.63) is 38.9 Å². The molecule has 0 aliphatic carbocycles. The Bertz CT molecular complexity index is 537. The molecule has 108 valence electrons. The predicted octanol–water partition coefficient (Wildman–Crippen LogP) is 3.37. The first kappa shape index (κ1) is 14.8. The molecule has 1 aliphatic heterocycles. The van der Waals surface area contributed by atoms with Crippen LogP contribution in [-0.4, -0.2) is 28.8 Å². The number of piperidine rings is 1. The third-order valence-corrected chi connectivity index (χ3v) is 3.78. The van der Waals surface area contributed by atoms with Gasteiger partial charge >= 0.3 is 0 Å². The fourth-order valence-corrected chi connectivity index (χ4v) is 3.00. The molecule has 0 spiro atoms. The van der Waals surface area contributed by atoms with Crippen LogP contribution in [0.4, 0.5) is 5.69 Å². The summed E-state index contributed by atoms with van der Waals surface area (Å²) >= 11 is 5.77. The number of likely N-dealkylation sites (tertiary alicyclic amines) is 1. The molecule has 1 amide bonds. The number of rotatable bonds is 2. The number of nitro benzene ring substituents is 1. The second-order valence-corrected chi connectivity index (χ2v) is 6.01. The van der Waals surface area contributed by atoms with Crippen molar-refractivity contribution in [2.45, 2.75) is 20.3 Å². The summed E-state index contributed by atoms with van der Waals surface area (Å²) in [6.07, 6.45) is 1.08. The summed E-state index contributed by atoms with van der Waals surface area (Å²) in [6.45, 7) is 5.46. The molecule has 20 heavy (non-hydrogen) atoms. The van der Waals surface area contributed by atoms with Crippen LogP contribution in [0.1, 0.15) is 30.6 Å². The number of hydrogen-bond acceptors (Lipinski definition) is 3. The van der Waals surface area contributed by atoms with Gasteiger partial charge in [0.1, 0.15) is 5.56 Å². The van der Waals surface area contributed by atoms with Crippen LogP contribution in [0, 0.1) is 22.0 Å². The lowest BCUT2D eigenvalue weighted by Crippen LogP contribution is -2.42. The maximum absolute atomic E-state index is 12.5. The Morgan fingerprint density at radius 3 is 2.50 bits per heavy atom. The molecule has 1 saturated heterocycles. The second kappa shape index (κ2) is 5.79. The molecule has 0 aromatic heterocycles. The molecule has 0 bridgehead atoms. The molecule has 0 unspecified atom stereocenters. The van der Waals surface area contributed by atoms with Gasteiger partial charge in [-0.2, -0.15) is 0 Å². The fourth-order valence-electron chi connectivity index (χ4n) is 2.84. The number of hydrogen-bond donors (Lipinski definition) is 0. The normalized spacial score (nSPS) is 22.6. The third kappa shape index (κ3) is 3.10. The molecule has 2 rings (SSSR count). The van der Waals surface area contributed by atoms with Crippen LogP contribution >= 0.6 is 11.6 Å². The van der Waals surface area contributed by atoms with Gasteiger partial charge in [-0.3, -0.25) is 14.9 Å². The van der Waals surface area contributed by atoms with E-state index in [-0.39, 0.29) is 22.2 Å². The Hall–Kier alpha value is -1.62. The first-order valence-electron chi connectivity index (χ1n) is 6.61. The minimum absolute atomic E-state index is 0.112. The highest BCUT2D eigenvalue weighted by Crippen LogP contribution is 2.27. The number of amides is 1. The summed E-state index contributed by atoms with van der Waals surface area (Å²) < 4.78 is 0. The number of nitrogens with zero attached hydrogens (tertiary/aromatic N) is 2. The summed E-state index contributed by atoms with van der Waals surface area (Å²) in [5, 5.41) is 11.3. The standard InChI is InChI=1S/C14H17ClN2O3/c1-9-5-10(2)8-16(7-9)14(18)12-4-3-11(15)6-13(12)17(19)20/h3-4,6,9-10H,5,7-8H2,1-2H3/t9-,10+. The van der Waals surface area contributed by atoms with Crippen molar-refractivity contribution in [1.29, 1.82) is 0 Å². The van der Waals surface area contributed by atoms with Crippen LogP contribution < -0.4 is 0 Å². The lowest BCUT2D eigenvalue weighted by molar-refractivity contribution is -0.385. The molecule has 0 saturated carbocycles. The van der Waals surface area contributed by atoms with Crippen molar-refractivity contribution in [2.24, 2.45) is 11.8 Å². The van der Waals surface area contributed by atoms with Gasteiger partial charge in [-0.15, -0.1) is 0 Å². The van der Waals surface area contributed by atoms with Crippen molar-refractivity contribution in [1.82, 2.24) is 4.90 Å². The van der Waals surface area contributed by atoms with E-state index in [4.69, 9.17) is 11.6 Å². The average molecular weight is 297 g/mol. The number of carbonyl (C=O) groups excluding carboxylic acids is 1. The average Bonchev–Trinajstić information content (AvgIpc) is 2.36. The van der Waals surface area contributed by atoms with E-state index in [2.05, 4.69) is 13.8 Å². The molecule has 6 heteroatoms. The zero-order chi connectivity index (χ0) is 14.9. The van der Waals surface area contributed by atoms with E-state index < -0.39 is 4.92 Å². The first-order valence-corrected chi connectivity index (χ1v) is 6.99. The van der Waals surface area contributed by atoms with Crippen LogP contribution in [0.5, 0.6) is 0 Å². The van der Waals surface area contributed by atoms with Crippen LogP contribution in [0.25, 0.3) is 0 Å². The third-order valence-electron chi connectivity index (χ3n) is 3.54. The fraction of sp³-hybridized carbons (Fsp3) is 0.500. The van der Waals surface area contributed by atoms with E-state index in [1.165, 1.54) is 18.2 Å². The maximum Gasteiger partial charge on any atom is 0.283 e. The van der Waals surface area contributed by atoms with Gasteiger partial charge in [0.2, 0.25) is 0 Å². The highest BCUT2D eigenvalue weighted by Gasteiger charge is 2.30. The van der Waals surface area contributed by atoms with E-state index in [1.54, 1.807) is 4.90 Å². The van der Waals surface area contributed by atoms with Crippen molar-refractivity contribution in [3.8, 4) is 0 Å². The number of nitro groups is 1. The van der Waals surface area contributed by atoms with Gasteiger partial charge < -0.3 is 4.90 Å². The number of carbonyl (C=O) groups is 1. The topological polar surface area (TPSA) is 63.5 Å². The molecule has 1 fully saturated rings. The highest BCUT2D eigenvalue weighted by molar-refractivity contribution is 6.31. The summed E-state index contributed by atoms with van der Waals surface area (Å²) in [5.74, 6) is 0.537. The molecule has 1 heterocycles. The monoisotopic (exact) mass is 296 g/mol. The first-order chi connectivity index (χ1) is 9.38. The Labute approximate surface area is 122 Å². The lowest BCUT2D eigenvalue weighted by Gasteiger charge is -2.34. The van der Waals surface area contributed by atoms with E-state index in [0.717, 1.165) is 6.42 Å². The number of halogens is 1. The lowest BCUT2D eigenvalue weighted by atomic mass is 9.91. The molecule has 1 aromatic carbocycles. The minimum atomic E-state index is -0.560. The van der Waals surface area contributed by atoms with Gasteiger partial charge in [0, 0.05) is 24.2 Å². The van der Waals surface area contributed by atoms with Crippen molar-refractivity contribution < 1.29 is 9.72 Å². The van der Waals surface area contributed by atoms with Gasteiger partial charge in [0.25, 0.3) is 11.6 Å². The van der Waals surface area contributed by atoms with E-state index in [1.807, 2.05) is 0 Å². The van der Waals surface area contributed by atoms with Gasteiger partial charge in [-0.1, -0.05) is 25.4 Å². The predicted molar refractivity (Wildman–Crippen MR) is 77.0 cm³/mol. The molecule has 2 atom stereocenters. The van der Waals surface area contributed by atoms with E-state index in [0.29, 0.717) is 24.9 Å². The second-order valence-electron chi connectivity index (χ2n) is 5.57. The Morgan fingerprint density at radius 1 is 1.35 bits per heavy atom. The largest absolute Gasteiger partial charge is 0.338 e. The Morgan fingerprint density at radius 2 is 1.95 bits per heavy atom. The molecule has 5 nitrogen and oxygen atoms in total. The summed E-state index contributed by atoms with van der Waals surface area (Å²) in [5.41, 5.74) is -0.117. The molecular formula is C14H17ClN2O3. The van der Waals surface area contributed by atoms with Crippen LogP contribution in [-0.2, 0) is 0 Å². The van der Waals surface area contributed by atoms with E-state index >= 15 is 0 Å². The summed E-state index contributed by atoms with van der Waals surface area (Å²) in [7, 11) is 0. The Balaban J connectivity index is 2.31. The van der Waals surface area contributed by atoms with Gasteiger partial charge in [0.15, 0.2) is 0 Å². The molecule has 1 aromatic rings. The molecule has 0 radical (unpaired) electrons. The molecular weight excluding hydrogens is 280 g/mol. The molecule has 1 aliphatic rings. The van der Waals surface area contributed by atoms with Gasteiger partial charge in [-0.05, 0) is 30.4 Å². The summed E-state index contributed by atoms with van der Waals surface area (Å²) in [6, 6.07) is 4.18. The van der Waals surface area contributed by atoms with Crippen LogP contribution in [0.2, 0.25) is 5.02 Å². The van der Waals surface area contributed by atoms with E-state index in [9.17, 15) is 14.9 Å². The molecule has 0 N–H and O–H groups in total. The Kier molecular flexibility index (Phi) is 4.28. The smallest absolute Gasteiger partial charge is 0.283 e. The van der Waals surface area contributed by atoms with Gasteiger partial charge in [0.05, 0.1) is 4.92 Å². The minimum Gasteiger partial charge on any atom is -0.338 e. The zero-order valence-corrected chi connectivity index (χ0v) is 12.3. The van der Waals surface area contributed by atoms with Crippen molar-refractivity contribution in [2.75, 3.05) is 13.1 Å². The number of benzene rings is 1. The highest BCUT2D eigenvalue weighted by atomic mass is 35.5. The van der Waals surface area contributed by atoms with Crippen LogP contribution in [0.15, 0.2) is 18.2 Å². The maximum atomic E-state index is 12.5. The van der Waals surface area contributed by atoms with Crippen molar-refractivity contribution in [3.63, 3.8) is 0 Å². The quantitative estimate of drug-likeness (QED) is 0.621.